The number of nitrogens with one attached hydrogen (secondary N) is 1. The molecule has 3 rings (SSSR count). The molecule has 1 heterocycles. The zero-order valence-electron chi connectivity index (χ0n) is 15.7. The highest BCUT2D eigenvalue weighted by atomic mass is 35.5. The van der Waals surface area contributed by atoms with Crippen LogP contribution in [0.5, 0.6) is 5.75 Å². The number of benzene rings is 2. The summed E-state index contributed by atoms with van der Waals surface area (Å²) in [6, 6.07) is 9.94. The molecule has 2 aromatic carbocycles. The fourth-order valence-corrected chi connectivity index (χ4v) is 3.85. The van der Waals surface area contributed by atoms with E-state index in [9.17, 15) is 10.1 Å². The highest BCUT2D eigenvalue weighted by molar-refractivity contribution is 7.80. The maximum atomic E-state index is 10.9. The normalized spacial score (nSPS) is 14.5. The SMILES string of the molecule is COc1cc([N+](=O)[O-])ccc1NC(=S)N1CCN(Cc2ccc(Cl)cc2Cl)CC1. The van der Waals surface area contributed by atoms with Crippen molar-refractivity contribution < 1.29 is 9.66 Å². The van der Waals surface area contributed by atoms with Gasteiger partial charge in [-0.15, -0.1) is 0 Å². The van der Waals surface area contributed by atoms with Crippen molar-refractivity contribution in [2.24, 2.45) is 0 Å². The van der Waals surface area contributed by atoms with Crippen molar-refractivity contribution in [2.75, 3.05) is 38.6 Å². The van der Waals surface area contributed by atoms with E-state index >= 15 is 0 Å². The molecule has 2 aromatic rings. The first kappa shape index (κ1) is 21.6. The molecule has 1 saturated heterocycles. The molecular formula is C19H20Cl2N4O3S. The molecule has 154 valence electrons. The number of halogens is 2. The van der Waals surface area contributed by atoms with Crippen molar-refractivity contribution in [2.45, 2.75) is 6.54 Å². The van der Waals surface area contributed by atoms with Crippen molar-refractivity contribution in [1.82, 2.24) is 9.80 Å². The number of nitro groups is 1. The lowest BCUT2D eigenvalue weighted by molar-refractivity contribution is -0.384. The summed E-state index contributed by atoms with van der Waals surface area (Å²) < 4.78 is 5.25. The summed E-state index contributed by atoms with van der Waals surface area (Å²) in [7, 11) is 1.47. The molecule has 0 bridgehead atoms. The van der Waals surface area contributed by atoms with Crippen LogP contribution in [0.2, 0.25) is 10.0 Å². The van der Waals surface area contributed by atoms with Gasteiger partial charge in [0.05, 0.1) is 23.8 Å². The maximum absolute atomic E-state index is 10.9. The summed E-state index contributed by atoms with van der Waals surface area (Å²) >= 11 is 17.8. The molecule has 1 aliphatic heterocycles. The first-order valence-electron chi connectivity index (χ1n) is 8.92. The summed E-state index contributed by atoms with van der Waals surface area (Å²) in [4.78, 5) is 14.8. The van der Waals surface area contributed by atoms with E-state index in [1.165, 1.54) is 19.2 Å². The number of nitrogens with zero attached hydrogens (tertiary/aromatic N) is 3. The highest BCUT2D eigenvalue weighted by Crippen LogP contribution is 2.29. The van der Waals surface area contributed by atoms with E-state index in [1.807, 2.05) is 12.1 Å². The predicted molar refractivity (Wildman–Crippen MR) is 119 cm³/mol. The van der Waals surface area contributed by atoms with Gasteiger partial charge in [-0.2, -0.15) is 0 Å². The molecule has 1 aliphatic rings. The molecule has 7 nitrogen and oxygen atoms in total. The number of non-ortho nitro benzene ring substituents is 1. The Hall–Kier alpha value is -2.13. The van der Waals surface area contributed by atoms with Crippen molar-refractivity contribution >= 4 is 51.9 Å². The number of rotatable bonds is 5. The molecule has 29 heavy (non-hydrogen) atoms. The van der Waals surface area contributed by atoms with Gasteiger partial charge in [-0.25, -0.2) is 0 Å². The third-order valence-electron chi connectivity index (χ3n) is 4.71. The van der Waals surface area contributed by atoms with Crippen LogP contribution in [0.4, 0.5) is 11.4 Å². The van der Waals surface area contributed by atoms with Gasteiger partial charge >= 0.3 is 0 Å². The van der Waals surface area contributed by atoms with Crippen LogP contribution >= 0.6 is 35.4 Å². The fourth-order valence-electron chi connectivity index (χ4n) is 3.09. The van der Waals surface area contributed by atoms with E-state index in [0.717, 1.165) is 38.3 Å². The molecule has 1 N–H and O–H groups in total. The molecule has 1 fully saturated rings. The quantitative estimate of drug-likeness (QED) is 0.407. The summed E-state index contributed by atoms with van der Waals surface area (Å²) in [5.74, 6) is 0.373. The van der Waals surface area contributed by atoms with Gasteiger partial charge < -0.3 is 15.0 Å². The van der Waals surface area contributed by atoms with Gasteiger partial charge in [-0.3, -0.25) is 15.0 Å². The largest absolute Gasteiger partial charge is 0.494 e. The Morgan fingerprint density at radius 1 is 1.21 bits per heavy atom. The maximum Gasteiger partial charge on any atom is 0.273 e. The van der Waals surface area contributed by atoms with Crippen LogP contribution < -0.4 is 10.1 Å². The minimum absolute atomic E-state index is 0.0345. The van der Waals surface area contributed by atoms with E-state index < -0.39 is 4.92 Å². The average molecular weight is 455 g/mol. The van der Waals surface area contributed by atoms with Gasteiger partial charge in [0.15, 0.2) is 5.11 Å². The average Bonchev–Trinajstić information content (AvgIpc) is 2.70. The van der Waals surface area contributed by atoms with Crippen molar-refractivity contribution in [3.05, 3.63) is 62.1 Å². The van der Waals surface area contributed by atoms with Gasteiger partial charge in [0.2, 0.25) is 0 Å². The van der Waals surface area contributed by atoms with E-state index in [2.05, 4.69) is 15.1 Å². The number of methoxy groups -OCH3 is 1. The molecule has 0 amide bonds. The molecule has 10 heteroatoms. The number of anilines is 1. The minimum atomic E-state index is -0.462. The van der Waals surface area contributed by atoms with Crippen LogP contribution in [0.3, 0.4) is 0 Å². The topological polar surface area (TPSA) is 70.9 Å². The highest BCUT2D eigenvalue weighted by Gasteiger charge is 2.21. The lowest BCUT2D eigenvalue weighted by Crippen LogP contribution is -2.49. The Morgan fingerprint density at radius 2 is 1.93 bits per heavy atom. The van der Waals surface area contributed by atoms with E-state index in [0.29, 0.717) is 26.6 Å². The molecule has 0 spiro atoms. The Morgan fingerprint density at radius 3 is 2.55 bits per heavy atom. The summed E-state index contributed by atoms with van der Waals surface area (Å²) in [5, 5.41) is 15.9. The monoisotopic (exact) mass is 454 g/mol. The number of thiocarbonyl (C=S) groups is 1. The zero-order valence-corrected chi connectivity index (χ0v) is 18.1. The number of hydrogen-bond donors (Lipinski definition) is 1. The van der Waals surface area contributed by atoms with Crippen LogP contribution in [0.1, 0.15) is 5.56 Å². The molecule has 0 radical (unpaired) electrons. The Kier molecular flexibility index (Phi) is 7.13. The molecule has 0 saturated carbocycles. The van der Waals surface area contributed by atoms with Crippen LogP contribution in [-0.4, -0.2) is 53.1 Å². The number of nitro benzene ring substituents is 1. The molecular weight excluding hydrogens is 435 g/mol. The van der Waals surface area contributed by atoms with Gasteiger partial charge in [0, 0.05) is 48.8 Å². The molecule has 0 atom stereocenters. The number of hydrogen-bond acceptors (Lipinski definition) is 5. The lowest BCUT2D eigenvalue weighted by atomic mass is 10.2. The van der Waals surface area contributed by atoms with Crippen molar-refractivity contribution in [1.29, 1.82) is 0 Å². The van der Waals surface area contributed by atoms with E-state index in [4.69, 9.17) is 40.2 Å². The minimum Gasteiger partial charge on any atom is -0.494 e. The Bertz CT molecular complexity index is 920. The van der Waals surface area contributed by atoms with E-state index in [-0.39, 0.29) is 5.69 Å². The van der Waals surface area contributed by atoms with Gasteiger partial charge in [0.25, 0.3) is 5.69 Å². The first-order chi connectivity index (χ1) is 13.9. The second kappa shape index (κ2) is 9.58. The summed E-state index contributed by atoms with van der Waals surface area (Å²) in [6.45, 7) is 3.93. The summed E-state index contributed by atoms with van der Waals surface area (Å²) in [5.41, 5.74) is 1.60. The van der Waals surface area contributed by atoms with Gasteiger partial charge in [-0.05, 0) is 36.0 Å². The van der Waals surface area contributed by atoms with E-state index in [1.54, 1.807) is 12.1 Å². The van der Waals surface area contributed by atoms with Gasteiger partial charge in [0.1, 0.15) is 5.75 Å². The second-order valence-electron chi connectivity index (χ2n) is 6.57. The van der Waals surface area contributed by atoms with Gasteiger partial charge in [-0.1, -0.05) is 29.3 Å². The second-order valence-corrected chi connectivity index (χ2v) is 7.80. The predicted octanol–water partition coefficient (Wildman–Crippen LogP) is 4.42. The Balaban J connectivity index is 1.57. The first-order valence-corrected chi connectivity index (χ1v) is 10.1. The fraction of sp³-hybridized carbons (Fsp3) is 0.316. The molecule has 0 unspecified atom stereocenters. The van der Waals surface area contributed by atoms with Crippen molar-refractivity contribution in [3.63, 3.8) is 0 Å². The van der Waals surface area contributed by atoms with Crippen LogP contribution in [0.15, 0.2) is 36.4 Å². The van der Waals surface area contributed by atoms with Crippen molar-refractivity contribution in [3.8, 4) is 5.75 Å². The van der Waals surface area contributed by atoms with Crippen LogP contribution in [0, 0.1) is 10.1 Å². The van der Waals surface area contributed by atoms with Crippen LogP contribution in [0.25, 0.3) is 0 Å². The molecule has 0 aliphatic carbocycles. The Labute approximate surface area is 184 Å². The number of piperazine rings is 1. The van der Waals surface area contributed by atoms with Crippen LogP contribution in [-0.2, 0) is 6.54 Å². The molecule has 0 aromatic heterocycles. The summed E-state index contributed by atoms with van der Waals surface area (Å²) in [6.07, 6.45) is 0. The standard InChI is InChI=1S/C19H20Cl2N4O3S/c1-28-18-11-15(25(26)27)4-5-17(18)22-19(29)24-8-6-23(7-9-24)12-13-2-3-14(20)10-16(13)21/h2-5,10-11H,6-9,12H2,1H3,(H,22,29). The third kappa shape index (κ3) is 5.48. The number of ether oxygens (including phenoxy) is 1. The third-order valence-corrected chi connectivity index (χ3v) is 5.65. The lowest BCUT2D eigenvalue weighted by Gasteiger charge is -2.36. The smallest absolute Gasteiger partial charge is 0.273 e. The zero-order chi connectivity index (χ0) is 21.0.